The molecular weight excluding hydrogens is 230 g/mol. The smallest absolute Gasteiger partial charge is 0.0219 e. The van der Waals surface area contributed by atoms with Crippen molar-refractivity contribution in [1.29, 1.82) is 0 Å². The molecule has 2 N–H and O–H groups in total. The van der Waals surface area contributed by atoms with E-state index in [9.17, 15) is 0 Å². The van der Waals surface area contributed by atoms with Crippen LogP contribution in [0.4, 0.5) is 0 Å². The summed E-state index contributed by atoms with van der Waals surface area (Å²) in [6.45, 7) is 2.40. The van der Waals surface area contributed by atoms with Crippen molar-refractivity contribution in [3.63, 3.8) is 0 Å². The van der Waals surface area contributed by atoms with E-state index in [0.29, 0.717) is 0 Å². The monoisotopic (exact) mass is 261 g/mol. The molecule has 4 saturated carbocycles. The molecule has 108 valence electrons. The molecule has 0 spiro atoms. The average Bonchev–Trinajstić information content (AvgIpc) is 3.09. The van der Waals surface area contributed by atoms with E-state index >= 15 is 0 Å². The van der Waals surface area contributed by atoms with Gasteiger partial charge in [-0.15, -0.1) is 0 Å². The molecule has 4 rings (SSSR count). The van der Waals surface area contributed by atoms with E-state index in [1.807, 2.05) is 0 Å². The molecule has 7 unspecified atom stereocenters. The molecule has 4 aliphatic carbocycles. The summed E-state index contributed by atoms with van der Waals surface area (Å²) in [5.74, 6) is 5.85. The highest BCUT2D eigenvalue weighted by molar-refractivity contribution is 5.15. The lowest BCUT2D eigenvalue weighted by molar-refractivity contribution is 0.0445. The first-order valence-corrected chi connectivity index (χ1v) is 9.03. The second-order valence-corrected chi connectivity index (χ2v) is 8.24. The van der Waals surface area contributed by atoms with Gasteiger partial charge in [0.15, 0.2) is 0 Å². The summed E-state index contributed by atoms with van der Waals surface area (Å²) < 4.78 is 0. The van der Waals surface area contributed by atoms with Crippen molar-refractivity contribution in [3.8, 4) is 0 Å². The van der Waals surface area contributed by atoms with Gasteiger partial charge in [-0.2, -0.15) is 0 Å². The van der Waals surface area contributed by atoms with Gasteiger partial charge in [0.25, 0.3) is 0 Å². The summed E-state index contributed by atoms with van der Waals surface area (Å²) in [5, 5.41) is 0. The summed E-state index contributed by atoms with van der Waals surface area (Å²) in [7, 11) is 0. The summed E-state index contributed by atoms with van der Waals surface area (Å²) in [4.78, 5) is 0. The minimum atomic E-state index is 0.247. The first-order valence-electron chi connectivity index (χ1n) is 9.03. The van der Waals surface area contributed by atoms with Gasteiger partial charge < -0.3 is 5.73 Å². The fraction of sp³-hybridized carbons (Fsp3) is 1.00. The third-order valence-electron chi connectivity index (χ3n) is 7.73. The largest absolute Gasteiger partial charge is 0.325 e. The Morgan fingerprint density at radius 2 is 1.74 bits per heavy atom. The zero-order valence-electron chi connectivity index (χ0n) is 12.6. The third-order valence-corrected chi connectivity index (χ3v) is 7.73. The quantitative estimate of drug-likeness (QED) is 0.785. The van der Waals surface area contributed by atoms with Crippen LogP contribution in [-0.4, -0.2) is 5.54 Å². The van der Waals surface area contributed by atoms with Crippen LogP contribution in [0.1, 0.15) is 71.1 Å². The molecule has 2 bridgehead atoms. The van der Waals surface area contributed by atoms with Crippen molar-refractivity contribution < 1.29 is 0 Å². The Kier molecular flexibility index (Phi) is 2.99. The van der Waals surface area contributed by atoms with Crippen molar-refractivity contribution in [2.45, 2.75) is 76.7 Å². The summed E-state index contributed by atoms with van der Waals surface area (Å²) in [6.07, 6.45) is 14.6. The Hall–Kier alpha value is -0.0400. The number of rotatable bonds is 2. The van der Waals surface area contributed by atoms with E-state index in [1.165, 1.54) is 64.2 Å². The Labute approximate surface area is 118 Å². The SMILES string of the molecule is CCC1CCCCC1C1(N)CC2CC1C1CCCC21. The molecule has 0 aromatic heterocycles. The Balaban J connectivity index is 1.60. The molecule has 0 radical (unpaired) electrons. The molecule has 7 atom stereocenters. The first-order chi connectivity index (χ1) is 9.24. The van der Waals surface area contributed by atoms with Crippen molar-refractivity contribution in [3.05, 3.63) is 0 Å². The standard InChI is InChI=1S/C18H31N/c1-2-12-6-3-4-9-16(12)18(19)11-13-10-17(18)15-8-5-7-14(13)15/h12-17H,2-11,19H2,1H3. The molecule has 1 heteroatoms. The van der Waals surface area contributed by atoms with Crippen LogP contribution in [0.3, 0.4) is 0 Å². The van der Waals surface area contributed by atoms with Gasteiger partial charge in [-0.3, -0.25) is 0 Å². The predicted octanol–water partition coefficient (Wildman–Crippen LogP) is 4.36. The summed E-state index contributed by atoms with van der Waals surface area (Å²) >= 11 is 0. The maximum absolute atomic E-state index is 7.14. The number of fused-ring (bicyclic) bond motifs is 5. The van der Waals surface area contributed by atoms with Crippen molar-refractivity contribution >= 4 is 0 Å². The van der Waals surface area contributed by atoms with Gasteiger partial charge in [0.2, 0.25) is 0 Å². The Morgan fingerprint density at radius 1 is 0.947 bits per heavy atom. The third kappa shape index (κ3) is 1.69. The van der Waals surface area contributed by atoms with E-state index in [-0.39, 0.29) is 5.54 Å². The van der Waals surface area contributed by atoms with Crippen LogP contribution in [-0.2, 0) is 0 Å². The molecule has 0 amide bonds. The lowest BCUT2D eigenvalue weighted by Crippen LogP contribution is -2.57. The van der Waals surface area contributed by atoms with Gasteiger partial charge >= 0.3 is 0 Å². The highest BCUT2D eigenvalue weighted by Gasteiger charge is 2.62. The van der Waals surface area contributed by atoms with Crippen LogP contribution in [0.15, 0.2) is 0 Å². The molecule has 4 aliphatic rings. The normalized spacial score (nSPS) is 56.5. The van der Waals surface area contributed by atoms with Gasteiger partial charge in [0.1, 0.15) is 0 Å². The predicted molar refractivity (Wildman–Crippen MR) is 79.7 cm³/mol. The number of hydrogen-bond donors (Lipinski definition) is 1. The Morgan fingerprint density at radius 3 is 2.58 bits per heavy atom. The maximum atomic E-state index is 7.14. The fourth-order valence-corrected chi connectivity index (χ4v) is 7.07. The van der Waals surface area contributed by atoms with E-state index in [1.54, 1.807) is 0 Å². The summed E-state index contributed by atoms with van der Waals surface area (Å²) in [6, 6.07) is 0. The van der Waals surface area contributed by atoms with Gasteiger partial charge in [-0.05, 0) is 67.6 Å². The van der Waals surface area contributed by atoms with E-state index in [4.69, 9.17) is 5.73 Å². The van der Waals surface area contributed by atoms with E-state index in [0.717, 1.165) is 35.5 Å². The second kappa shape index (κ2) is 4.48. The van der Waals surface area contributed by atoms with Crippen LogP contribution in [0.5, 0.6) is 0 Å². The van der Waals surface area contributed by atoms with Gasteiger partial charge in [0, 0.05) is 5.54 Å². The minimum absolute atomic E-state index is 0.247. The number of hydrogen-bond acceptors (Lipinski definition) is 1. The maximum Gasteiger partial charge on any atom is 0.0219 e. The first kappa shape index (κ1) is 12.7. The van der Waals surface area contributed by atoms with Crippen LogP contribution < -0.4 is 5.73 Å². The molecule has 1 nitrogen and oxygen atoms in total. The number of nitrogens with two attached hydrogens (primary N) is 1. The van der Waals surface area contributed by atoms with Crippen molar-refractivity contribution in [2.75, 3.05) is 0 Å². The van der Waals surface area contributed by atoms with Crippen LogP contribution in [0, 0.1) is 35.5 Å². The topological polar surface area (TPSA) is 26.0 Å². The average molecular weight is 261 g/mol. The Bertz CT molecular complexity index is 352. The van der Waals surface area contributed by atoms with Crippen molar-refractivity contribution in [1.82, 2.24) is 0 Å². The highest BCUT2D eigenvalue weighted by Crippen LogP contribution is 2.64. The zero-order chi connectivity index (χ0) is 13.0. The fourth-order valence-electron chi connectivity index (χ4n) is 7.07. The van der Waals surface area contributed by atoms with Crippen LogP contribution in [0.25, 0.3) is 0 Å². The lowest BCUT2D eigenvalue weighted by Gasteiger charge is -2.49. The molecular formula is C18H31N. The highest BCUT2D eigenvalue weighted by atomic mass is 14.9. The van der Waals surface area contributed by atoms with E-state index < -0.39 is 0 Å². The molecule has 19 heavy (non-hydrogen) atoms. The van der Waals surface area contributed by atoms with Gasteiger partial charge in [0.05, 0.1) is 0 Å². The van der Waals surface area contributed by atoms with Gasteiger partial charge in [-0.1, -0.05) is 39.0 Å². The lowest BCUT2D eigenvalue weighted by atomic mass is 9.59. The minimum Gasteiger partial charge on any atom is -0.325 e. The van der Waals surface area contributed by atoms with E-state index in [2.05, 4.69) is 6.92 Å². The summed E-state index contributed by atoms with van der Waals surface area (Å²) in [5.41, 5.74) is 7.39. The molecule has 4 fully saturated rings. The molecule has 0 heterocycles. The second-order valence-electron chi connectivity index (χ2n) is 8.24. The molecule has 0 aromatic rings. The van der Waals surface area contributed by atoms with Crippen LogP contribution >= 0.6 is 0 Å². The van der Waals surface area contributed by atoms with Gasteiger partial charge in [-0.25, -0.2) is 0 Å². The van der Waals surface area contributed by atoms with Crippen LogP contribution in [0.2, 0.25) is 0 Å². The molecule has 0 aromatic carbocycles. The molecule has 0 saturated heterocycles. The van der Waals surface area contributed by atoms with Crippen molar-refractivity contribution in [2.24, 2.45) is 41.2 Å². The molecule has 0 aliphatic heterocycles. The zero-order valence-corrected chi connectivity index (χ0v) is 12.6.